The van der Waals surface area contributed by atoms with E-state index in [0.29, 0.717) is 37.5 Å². The number of furan rings is 1. The number of nitrogens with one attached hydrogen (secondary N) is 2. The lowest BCUT2D eigenvalue weighted by molar-refractivity contribution is -0.135. The minimum absolute atomic E-state index is 0.245. The van der Waals surface area contributed by atoms with E-state index in [2.05, 4.69) is 10.9 Å². The lowest BCUT2D eigenvalue weighted by Crippen LogP contribution is -2.52. The number of nitrogens with zero attached hydrogens (tertiary/aromatic N) is 1. The van der Waals surface area contributed by atoms with Crippen LogP contribution in [0.15, 0.2) is 47.1 Å². The van der Waals surface area contributed by atoms with Gasteiger partial charge < -0.3 is 18.8 Å². The quantitative estimate of drug-likeness (QED) is 0.653. The average Bonchev–Trinajstić information content (AvgIpc) is 3.33. The summed E-state index contributed by atoms with van der Waals surface area (Å²) in [6, 6.07) is 10.2. The van der Waals surface area contributed by atoms with E-state index >= 15 is 0 Å². The molecule has 0 aliphatic carbocycles. The van der Waals surface area contributed by atoms with E-state index in [1.807, 2.05) is 6.92 Å². The third-order valence-electron chi connectivity index (χ3n) is 4.94. The molecular formula is C22H27N3O6. The summed E-state index contributed by atoms with van der Waals surface area (Å²) in [5.41, 5.74) is 4.83. The van der Waals surface area contributed by atoms with E-state index in [1.54, 1.807) is 48.2 Å². The van der Waals surface area contributed by atoms with Crippen molar-refractivity contribution in [2.45, 2.75) is 32.8 Å². The van der Waals surface area contributed by atoms with Gasteiger partial charge in [-0.2, -0.15) is 0 Å². The molecule has 2 aromatic rings. The van der Waals surface area contributed by atoms with Gasteiger partial charge in [0.15, 0.2) is 11.9 Å². The topological polar surface area (TPSA) is 110 Å². The zero-order valence-electron chi connectivity index (χ0n) is 17.6. The summed E-state index contributed by atoms with van der Waals surface area (Å²) >= 11 is 0. The smallest absolute Gasteiger partial charge is 0.289 e. The van der Waals surface area contributed by atoms with Gasteiger partial charge in [-0.25, -0.2) is 0 Å². The molecule has 9 heteroatoms. The third-order valence-corrected chi connectivity index (χ3v) is 4.94. The highest BCUT2D eigenvalue weighted by molar-refractivity contribution is 5.92. The molecule has 3 amide bonds. The summed E-state index contributed by atoms with van der Waals surface area (Å²) in [6.07, 6.45) is 1.94. The molecule has 0 bridgehead atoms. The summed E-state index contributed by atoms with van der Waals surface area (Å²) in [5, 5.41) is 0. The molecule has 1 saturated heterocycles. The molecule has 1 aliphatic rings. The van der Waals surface area contributed by atoms with E-state index in [4.69, 9.17) is 13.9 Å². The molecule has 0 spiro atoms. The third kappa shape index (κ3) is 6.00. The molecule has 1 aromatic carbocycles. The van der Waals surface area contributed by atoms with Crippen LogP contribution in [0.4, 0.5) is 0 Å². The molecule has 0 saturated carbocycles. The Hall–Kier alpha value is -3.49. The zero-order chi connectivity index (χ0) is 22.2. The van der Waals surface area contributed by atoms with Gasteiger partial charge in [-0.3, -0.25) is 25.2 Å². The number of piperidine rings is 1. The van der Waals surface area contributed by atoms with Crippen molar-refractivity contribution in [1.29, 1.82) is 0 Å². The maximum Gasteiger partial charge on any atom is 0.289 e. The van der Waals surface area contributed by atoms with Gasteiger partial charge in [0.05, 0.1) is 18.8 Å². The van der Waals surface area contributed by atoms with Crippen molar-refractivity contribution in [3.05, 3.63) is 48.4 Å². The van der Waals surface area contributed by atoms with E-state index in [0.717, 1.165) is 0 Å². The van der Waals surface area contributed by atoms with Crippen LogP contribution in [-0.2, 0) is 9.59 Å². The number of hydrazine groups is 1. The average molecular weight is 429 g/mol. The predicted octanol–water partition coefficient (Wildman–Crippen LogP) is 2.15. The van der Waals surface area contributed by atoms with E-state index in [-0.39, 0.29) is 24.1 Å². The molecule has 1 aromatic heterocycles. The minimum atomic E-state index is -0.818. The van der Waals surface area contributed by atoms with Crippen molar-refractivity contribution in [3.63, 3.8) is 0 Å². The monoisotopic (exact) mass is 429 g/mol. The molecule has 31 heavy (non-hydrogen) atoms. The summed E-state index contributed by atoms with van der Waals surface area (Å²) in [6.45, 7) is 4.87. The minimum Gasteiger partial charge on any atom is -0.494 e. The highest BCUT2D eigenvalue weighted by Crippen LogP contribution is 2.20. The first-order valence-corrected chi connectivity index (χ1v) is 10.3. The Morgan fingerprint density at radius 1 is 1.16 bits per heavy atom. The number of carbonyl (C=O) groups is 3. The van der Waals surface area contributed by atoms with Crippen molar-refractivity contribution in [1.82, 2.24) is 15.8 Å². The maximum atomic E-state index is 12.5. The summed E-state index contributed by atoms with van der Waals surface area (Å²) in [7, 11) is 0. The van der Waals surface area contributed by atoms with Crippen LogP contribution in [0, 0.1) is 5.92 Å². The molecule has 9 nitrogen and oxygen atoms in total. The van der Waals surface area contributed by atoms with Crippen molar-refractivity contribution in [2.75, 3.05) is 19.7 Å². The normalized spacial score (nSPS) is 16.8. The number of hydrogen-bond acceptors (Lipinski definition) is 6. The fourth-order valence-corrected chi connectivity index (χ4v) is 3.30. The van der Waals surface area contributed by atoms with Crippen LogP contribution in [0.2, 0.25) is 0 Å². The second kappa shape index (κ2) is 10.5. The number of likely N-dealkylation sites (tertiary alicyclic amines) is 1. The fraction of sp³-hybridized carbons (Fsp3) is 0.409. The zero-order valence-corrected chi connectivity index (χ0v) is 17.6. The Balaban J connectivity index is 1.45. The molecule has 3 rings (SSSR count). The van der Waals surface area contributed by atoms with Crippen molar-refractivity contribution in [2.24, 2.45) is 5.92 Å². The van der Waals surface area contributed by atoms with Crippen molar-refractivity contribution < 1.29 is 28.3 Å². The molecule has 2 unspecified atom stereocenters. The first-order chi connectivity index (χ1) is 15.0. The molecule has 0 radical (unpaired) electrons. The van der Waals surface area contributed by atoms with Gasteiger partial charge in [0.25, 0.3) is 11.8 Å². The van der Waals surface area contributed by atoms with Crippen LogP contribution in [-0.4, -0.2) is 48.4 Å². The van der Waals surface area contributed by atoms with Crippen LogP contribution in [0.3, 0.4) is 0 Å². The highest BCUT2D eigenvalue weighted by Gasteiger charge is 2.30. The Morgan fingerprint density at radius 3 is 2.58 bits per heavy atom. The molecule has 2 heterocycles. The number of rotatable bonds is 7. The fourth-order valence-electron chi connectivity index (χ4n) is 3.30. The van der Waals surface area contributed by atoms with Gasteiger partial charge >= 0.3 is 0 Å². The molecule has 2 atom stereocenters. The molecule has 166 valence electrons. The first-order valence-electron chi connectivity index (χ1n) is 10.3. The lowest BCUT2D eigenvalue weighted by atomic mass is 9.97. The highest BCUT2D eigenvalue weighted by atomic mass is 16.5. The van der Waals surface area contributed by atoms with Crippen LogP contribution in [0.1, 0.15) is 37.2 Å². The van der Waals surface area contributed by atoms with Gasteiger partial charge in [-0.15, -0.1) is 0 Å². The number of ether oxygens (including phenoxy) is 2. The van der Waals surface area contributed by atoms with Crippen LogP contribution in [0.25, 0.3) is 0 Å². The predicted molar refractivity (Wildman–Crippen MR) is 111 cm³/mol. The molecule has 1 aliphatic heterocycles. The second-order valence-corrected chi connectivity index (χ2v) is 7.21. The van der Waals surface area contributed by atoms with Crippen LogP contribution in [0.5, 0.6) is 11.5 Å². The Labute approximate surface area is 180 Å². The first kappa shape index (κ1) is 22.2. The van der Waals surface area contributed by atoms with E-state index in [1.165, 1.54) is 6.26 Å². The summed E-state index contributed by atoms with van der Waals surface area (Å²) in [4.78, 5) is 38.8. The SMILES string of the molecule is CCOc1ccc(OC(C)C(=O)NNC(=O)C2CCCN(C(=O)c3ccco3)C2)cc1. The second-order valence-electron chi connectivity index (χ2n) is 7.21. The molecule has 1 fully saturated rings. The number of benzene rings is 1. The Kier molecular flexibility index (Phi) is 7.53. The summed E-state index contributed by atoms with van der Waals surface area (Å²) < 4.78 is 16.1. The largest absolute Gasteiger partial charge is 0.494 e. The Bertz CT molecular complexity index is 881. The number of carbonyl (C=O) groups excluding carboxylic acids is 3. The van der Waals surface area contributed by atoms with Gasteiger partial charge in [0, 0.05) is 13.1 Å². The van der Waals surface area contributed by atoms with Gasteiger partial charge in [0.1, 0.15) is 11.5 Å². The maximum absolute atomic E-state index is 12.5. The van der Waals surface area contributed by atoms with Gasteiger partial charge in [0.2, 0.25) is 5.91 Å². The Morgan fingerprint density at radius 2 is 1.90 bits per heavy atom. The van der Waals surface area contributed by atoms with Crippen molar-refractivity contribution in [3.8, 4) is 11.5 Å². The number of amides is 3. The van der Waals surface area contributed by atoms with Gasteiger partial charge in [-0.1, -0.05) is 0 Å². The van der Waals surface area contributed by atoms with Gasteiger partial charge in [-0.05, 0) is 63.1 Å². The van der Waals surface area contributed by atoms with Crippen LogP contribution >= 0.6 is 0 Å². The summed E-state index contributed by atoms with van der Waals surface area (Å²) in [5.74, 6) is -0.0305. The van der Waals surface area contributed by atoms with E-state index in [9.17, 15) is 14.4 Å². The standard InChI is InChI=1S/C22H27N3O6/c1-3-29-17-8-10-18(11-9-17)31-15(2)20(26)23-24-21(27)16-6-4-12-25(14-16)22(28)19-7-5-13-30-19/h5,7-11,13,15-16H,3-4,6,12,14H2,1-2H3,(H,23,26)(H,24,27). The van der Waals surface area contributed by atoms with E-state index < -0.39 is 17.9 Å². The number of hydrogen-bond donors (Lipinski definition) is 2. The lowest BCUT2D eigenvalue weighted by Gasteiger charge is -2.31. The molecular weight excluding hydrogens is 402 g/mol. The molecule has 2 N–H and O–H groups in total. The van der Waals surface area contributed by atoms with Crippen molar-refractivity contribution >= 4 is 17.7 Å². The van der Waals surface area contributed by atoms with Crippen LogP contribution < -0.4 is 20.3 Å².